The Morgan fingerprint density at radius 2 is 2.09 bits per heavy atom. The number of rotatable bonds is 6. The minimum atomic E-state index is -2.50. The number of halogens is 2. The summed E-state index contributed by atoms with van der Waals surface area (Å²) in [5.41, 5.74) is 0.908. The van der Waals surface area contributed by atoms with Gasteiger partial charge >= 0.3 is 0 Å². The molecule has 23 heavy (non-hydrogen) atoms. The number of nitrogens with zero attached hydrogens (tertiary/aromatic N) is 4. The zero-order valence-corrected chi connectivity index (χ0v) is 12.8. The SMILES string of the molecule is FC1(F)CCC(Nc2ccc(NCCn3cncn3)cn2)CC1. The summed E-state index contributed by atoms with van der Waals surface area (Å²) in [6.07, 6.45) is 5.77. The van der Waals surface area contributed by atoms with Crippen LogP contribution in [0.5, 0.6) is 0 Å². The lowest BCUT2D eigenvalue weighted by Crippen LogP contribution is -2.32. The van der Waals surface area contributed by atoms with E-state index in [0.29, 0.717) is 12.8 Å². The maximum absolute atomic E-state index is 13.1. The topological polar surface area (TPSA) is 67.7 Å². The summed E-state index contributed by atoms with van der Waals surface area (Å²) < 4.78 is 28.0. The van der Waals surface area contributed by atoms with Gasteiger partial charge in [-0.1, -0.05) is 0 Å². The van der Waals surface area contributed by atoms with Crippen LogP contribution in [0, 0.1) is 0 Å². The van der Waals surface area contributed by atoms with Crippen LogP contribution < -0.4 is 10.6 Å². The molecular weight excluding hydrogens is 302 g/mol. The van der Waals surface area contributed by atoms with Crippen molar-refractivity contribution < 1.29 is 8.78 Å². The molecule has 1 aliphatic rings. The van der Waals surface area contributed by atoms with Crippen molar-refractivity contribution in [1.29, 1.82) is 0 Å². The van der Waals surface area contributed by atoms with E-state index in [1.165, 1.54) is 6.33 Å². The molecule has 3 rings (SSSR count). The van der Waals surface area contributed by atoms with Crippen molar-refractivity contribution in [3.8, 4) is 0 Å². The van der Waals surface area contributed by atoms with Crippen molar-refractivity contribution in [3.05, 3.63) is 31.0 Å². The molecule has 2 aromatic heterocycles. The maximum Gasteiger partial charge on any atom is 0.248 e. The molecule has 1 fully saturated rings. The van der Waals surface area contributed by atoms with Gasteiger partial charge in [-0.2, -0.15) is 5.10 Å². The lowest BCUT2D eigenvalue weighted by atomic mass is 9.92. The average molecular weight is 322 g/mol. The van der Waals surface area contributed by atoms with Gasteiger partial charge in [0, 0.05) is 25.4 Å². The first-order valence-corrected chi connectivity index (χ1v) is 7.77. The Labute approximate surface area is 133 Å². The quantitative estimate of drug-likeness (QED) is 0.856. The Morgan fingerprint density at radius 1 is 1.26 bits per heavy atom. The fraction of sp³-hybridized carbons (Fsp3) is 0.533. The van der Waals surface area contributed by atoms with Gasteiger partial charge in [-0.15, -0.1) is 0 Å². The van der Waals surface area contributed by atoms with Crippen LogP contribution in [0.4, 0.5) is 20.3 Å². The first-order valence-electron chi connectivity index (χ1n) is 7.77. The van der Waals surface area contributed by atoms with E-state index in [9.17, 15) is 8.78 Å². The molecule has 2 heterocycles. The average Bonchev–Trinajstić information content (AvgIpc) is 3.04. The molecule has 0 aliphatic heterocycles. The molecule has 0 radical (unpaired) electrons. The van der Waals surface area contributed by atoms with Crippen molar-refractivity contribution in [2.24, 2.45) is 0 Å². The summed E-state index contributed by atoms with van der Waals surface area (Å²) in [5.74, 6) is -1.77. The first kappa shape index (κ1) is 15.6. The number of alkyl halides is 2. The first-order chi connectivity index (χ1) is 11.1. The Kier molecular flexibility index (Phi) is 4.68. The number of aromatic nitrogens is 4. The maximum atomic E-state index is 13.1. The highest BCUT2D eigenvalue weighted by molar-refractivity contribution is 5.47. The summed E-state index contributed by atoms with van der Waals surface area (Å²) in [5, 5.41) is 10.5. The Balaban J connectivity index is 1.44. The summed E-state index contributed by atoms with van der Waals surface area (Å²) in [7, 11) is 0. The van der Waals surface area contributed by atoms with Gasteiger partial charge in [-0.05, 0) is 25.0 Å². The van der Waals surface area contributed by atoms with Crippen LogP contribution in [0.2, 0.25) is 0 Å². The molecular formula is C15H20F2N6. The van der Waals surface area contributed by atoms with Crippen molar-refractivity contribution >= 4 is 11.5 Å². The third-order valence-corrected chi connectivity index (χ3v) is 3.97. The molecule has 2 N–H and O–H groups in total. The summed E-state index contributed by atoms with van der Waals surface area (Å²) in [4.78, 5) is 8.21. The zero-order valence-electron chi connectivity index (χ0n) is 12.8. The van der Waals surface area contributed by atoms with Gasteiger partial charge in [0.15, 0.2) is 0 Å². The molecule has 0 amide bonds. The number of hydrogen-bond donors (Lipinski definition) is 2. The molecule has 0 saturated heterocycles. The van der Waals surface area contributed by atoms with Gasteiger partial charge in [-0.3, -0.25) is 4.68 Å². The zero-order chi connectivity index (χ0) is 16.1. The monoisotopic (exact) mass is 322 g/mol. The summed E-state index contributed by atoms with van der Waals surface area (Å²) in [6, 6.07) is 3.87. The van der Waals surface area contributed by atoms with Crippen LogP contribution in [0.3, 0.4) is 0 Å². The number of hydrogen-bond acceptors (Lipinski definition) is 5. The normalized spacial score (nSPS) is 17.8. The van der Waals surface area contributed by atoms with Crippen molar-refractivity contribution in [3.63, 3.8) is 0 Å². The van der Waals surface area contributed by atoms with E-state index in [-0.39, 0.29) is 18.9 Å². The smallest absolute Gasteiger partial charge is 0.248 e. The molecule has 6 nitrogen and oxygen atoms in total. The lowest BCUT2D eigenvalue weighted by Gasteiger charge is -2.29. The lowest BCUT2D eigenvalue weighted by molar-refractivity contribution is -0.0361. The van der Waals surface area contributed by atoms with Gasteiger partial charge in [0.25, 0.3) is 0 Å². The van der Waals surface area contributed by atoms with Crippen LogP contribution >= 0.6 is 0 Å². The van der Waals surface area contributed by atoms with Crippen molar-refractivity contribution in [1.82, 2.24) is 19.7 Å². The molecule has 0 unspecified atom stereocenters. The summed E-state index contributed by atoms with van der Waals surface area (Å²) in [6.45, 7) is 1.44. The Bertz CT molecular complexity index is 589. The number of nitrogens with one attached hydrogen (secondary N) is 2. The molecule has 8 heteroatoms. The van der Waals surface area contributed by atoms with Crippen molar-refractivity contribution in [2.45, 2.75) is 44.2 Å². The molecule has 0 atom stereocenters. The highest BCUT2D eigenvalue weighted by Crippen LogP contribution is 2.34. The highest BCUT2D eigenvalue weighted by atomic mass is 19.3. The fourth-order valence-corrected chi connectivity index (χ4v) is 2.64. The summed E-state index contributed by atoms with van der Waals surface area (Å²) >= 11 is 0. The van der Waals surface area contributed by atoms with Gasteiger partial charge in [-0.25, -0.2) is 18.7 Å². The van der Waals surface area contributed by atoms with Gasteiger partial charge in [0.1, 0.15) is 18.5 Å². The van der Waals surface area contributed by atoms with E-state index in [2.05, 4.69) is 25.7 Å². The second-order valence-electron chi connectivity index (χ2n) is 5.79. The standard InChI is InChI=1S/C15H20F2N6/c16-15(17)5-3-12(4-6-15)22-14-2-1-13(9-20-14)19-7-8-23-11-18-10-21-23/h1-2,9-12,19H,3-8H2,(H,20,22). The third kappa shape index (κ3) is 4.61. The van der Waals surface area contributed by atoms with E-state index in [1.54, 1.807) is 17.2 Å². The number of anilines is 2. The Hall–Kier alpha value is -2.25. The van der Waals surface area contributed by atoms with E-state index < -0.39 is 5.92 Å². The minimum absolute atomic E-state index is 0.0490. The molecule has 1 aliphatic carbocycles. The van der Waals surface area contributed by atoms with E-state index in [1.807, 2.05) is 12.1 Å². The van der Waals surface area contributed by atoms with E-state index in [4.69, 9.17) is 0 Å². The van der Waals surface area contributed by atoms with E-state index >= 15 is 0 Å². The third-order valence-electron chi connectivity index (χ3n) is 3.97. The van der Waals surface area contributed by atoms with Gasteiger partial charge in [0.05, 0.1) is 18.4 Å². The minimum Gasteiger partial charge on any atom is -0.382 e. The second-order valence-corrected chi connectivity index (χ2v) is 5.79. The fourth-order valence-electron chi connectivity index (χ4n) is 2.64. The van der Waals surface area contributed by atoms with Crippen LogP contribution in [0.15, 0.2) is 31.0 Å². The molecule has 0 spiro atoms. The van der Waals surface area contributed by atoms with Gasteiger partial charge in [0.2, 0.25) is 5.92 Å². The molecule has 1 saturated carbocycles. The van der Waals surface area contributed by atoms with Crippen molar-refractivity contribution in [2.75, 3.05) is 17.2 Å². The Morgan fingerprint density at radius 3 is 2.74 bits per heavy atom. The highest BCUT2D eigenvalue weighted by Gasteiger charge is 2.34. The second kappa shape index (κ2) is 6.89. The molecule has 0 aromatic carbocycles. The predicted octanol–water partition coefficient (Wildman–Crippen LogP) is 2.78. The van der Waals surface area contributed by atoms with Crippen LogP contribution in [-0.2, 0) is 6.54 Å². The molecule has 2 aromatic rings. The predicted molar refractivity (Wildman–Crippen MR) is 83.6 cm³/mol. The molecule has 124 valence electrons. The van der Waals surface area contributed by atoms with Crippen LogP contribution in [0.25, 0.3) is 0 Å². The molecule has 0 bridgehead atoms. The van der Waals surface area contributed by atoms with E-state index in [0.717, 1.165) is 24.6 Å². The van der Waals surface area contributed by atoms with Crippen LogP contribution in [0.1, 0.15) is 25.7 Å². The number of pyridine rings is 1. The largest absolute Gasteiger partial charge is 0.382 e. The van der Waals surface area contributed by atoms with Crippen LogP contribution in [-0.4, -0.2) is 38.3 Å². The van der Waals surface area contributed by atoms with Gasteiger partial charge < -0.3 is 10.6 Å².